The number of aromatic nitrogens is 5. The zero-order chi connectivity index (χ0) is 28.8. The topological polar surface area (TPSA) is 106 Å². The number of benzene rings is 2. The summed E-state index contributed by atoms with van der Waals surface area (Å²) in [5.41, 5.74) is 3.69. The van der Waals surface area contributed by atoms with Crippen LogP contribution in [0.5, 0.6) is 11.8 Å². The molecule has 0 saturated carbocycles. The van der Waals surface area contributed by atoms with Gasteiger partial charge in [-0.2, -0.15) is 13.5 Å². The average molecular weight is 625 g/mol. The number of imidazole rings is 1. The lowest BCUT2D eigenvalue weighted by atomic mass is 10.0. The summed E-state index contributed by atoms with van der Waals surface area (Å²) in [5.74, 6) is 0.543. The van der Waals surface area contributed by atoms with Crippen LogP contribution >= 0.6 is 25.1 Å². The van der Waals surface area contributed by atoms with E-state index in [1.54, 1.807) is 47.6 Å². The number of likely N-dealkylation sites (tertiary alicyclic amines) is 1. The monoisotopic (exact) mass is 624 g/mol. The first-order valence-corrected chi connectivity index (χ1v) is 13.8. The fourth-order valence-corrected chi connectivity index (χ4v) is 5.81. The first-order valence-electron chi connectivity index (χ1n) is 13.4. The van der Waals surface area contributed by atoms with Crippen LogP contribution in [0.2, 0.25) is 5.02 Å². The molecule has 6 rings (SSSR count). The third-order valence-electron chi connectivity index (χ3n) is 7.49. The Labute approximate surface area is 261 Å². The third kappa shape index (κ3) is 6.15. The van der Waals surface area contributed by atoms with Crippen molar-refractivity contribution in [2.24, 2.45) is 0 Å². The molecule has 1 aliphatic rings. The molecule has 0 bridgehead atoms. The maximum absolute atomic E-state index is 15.5. The molecule has 0 aliphatic carbocycles. The average Bonchev–Trinajstić information content (AvgIpc) is 3.29. The standard InChI is InChI=1S/C30H28ClFN6O3.CH4.H2S/c1-16-6-9-33-30(35-16)41-20-4-5-21(24(31)12-20)22-13-23-26(14-25(22)32)34-15-27-28(23)38(18(3)36-27)19-7-10-37(11-8-19)29(40)17(2)39;;/h4-6,9,12-15,17,19,39H,7-8,10-11H2,1-3H3;1H4;1H2/t17-;;/m0../s1. The molecule has 1 aliphatic heterocycles. The Bertz CT molecular complexity index is 1810. The number of carbonyl (C=O) groups excluding carboxylic acids is 1. The highest BCUT2D eigenvalue weighted by atomic mass is 35.5. The minimum atomic E-state index is -1.02. The second-order valence-electron chi connectivity index (χ2n) is 10.3. The molecule has 9 nitrogen and oxygen atoms in total. The van der Waals surface area contributed by atoms with E-state index in [1.165, 1.54) is 13.0 Å². The Morgan fingerprint density at radius 3 is 2.49 bits per heavy atom. The molecule has 2 aromatic carbocycles. The van der Waals surface area contributed by atoms with Crippen molar-refractivity contribution < 1.29 is 19.0 Å². The van der Waals surface area contributed by atoms with Crippen molar-refractivity contribution in [3.8, 4) is 22.9 Å². The molecule has 5 aromatic rings. The quantitative estimate of drug-likeness (QED) is 0.237. The number of aliphatic hydroxyl groups is 1. The Kier molecular flexibility index (Phi) is 9.58. The van der Waals surface area contributed by atoms with E-state index in [2.05, 4.69) is 19.5 Å². The van der Waals surface area contributed by atoms with Crippen molar-refractivity contribution in [3.63, 3.8) is 0 Å². The van der Waals surface area contributed by atoms with Crippen molar-refractivity contribution in [2.45, 2.75) is 53.2 Å². The molecule has 0 unspecified atom stereocenters. The van der Waals surface area contributed by atoms with Crippen LogP contribution in [0.1, 0.15) is 44.8 Å². The van der Waals surface area contributed by atoms with Crippen LogP contribution in [0, 0.1) is 19.7 Å². The van der Waals surface area contributed by atoms with E-state index in [-0.39, 0.29) is 38.9 Å². The second kappa shape index (κ2) is 12.8. The molecule has 1 N–H and O–H groups in total. The summed E-state index contributed by atoms with van der Waals surface area (Å²) in [6.07, 6.45) is 3.67. The van der Waals surface area contributed by atoms with Gasteiger partial charge >= 0.3 is 6.01 Å². The predicted octanol–water partition coefficient (Wildman–Crippen LogP) is 6.54. The van der Waals surface area contributed by atoms with E-state index in [0.717, 1.165) is 22.4 Å². The molecule has 3 aromatic heterocycles. The van der Waals surface area contributed by atoms with Crippen LogP contribution < -0.4 is 4.74 Å². The molecule has 1 saturated heterocycles. The summed E-state index contributed by atoms with van der Waals surface area (Å²) < 4.78 is 23.4. The maximum Gasteiger partial charge on any atom is 0.322 e. The Morgan fingerprint density at radius 2 is 1.81 bits per heavy atom. The summed E-state index contributed by atoms with van der Waals surface area (Å²) in [5, 5.41) is 10.8. The van der Waals surface area contributed by atoms with Crippen molar-refractivity contribution in [3.05, 3.63) is 71.2 Å². The molecule has 226 valence electrons. The SMILES string of the molecule is C.Cc1ccnc(Oc2ccc(-c3cc4c(cc3F)ncc3nc(C)n(C5CCN(C(=O)[C@H](C)O)CC5)c34)c(Cl)c2)n1.S. The van der Waals surface area contributed by atoms with Crippen molar-refractivity contribution >= 4 is 52.9 Å². The highest BCUT2D eigenvalue weighted by Gasteiger charge is 2.28. The van der Waals surface area contributed by atoms with E-state index in [1.807, 2.05) is 13.8 Å². The molecule has 43 heavy (non-hydrogen) atoms. The van der Waals surface area contributed by atoms with Gasteiger partial charge in [0, 0.05) is 59.7 Å². The minimum Gasteiger partial charge on any atom is -0.424 e. The lowest BCUT2D eigenvalue weighted by Crippen LogP contribution is -2.43. The third-order valence-corrected chi connectivity index (χ3v) is 7.80. The number of hydrogen-bond donors (Lipinski definition) is 1. The Morgan fingerprint density at radius 1 is 1.07 bits per heavy atom. The zero-order valence-corrected chi connectivity index (χ0v) is 25.1. The molecule has 12 heteroatoms. The van der Waals surface area contributed by atoms with Gasteiger partial charge in [-0.15, -0.1) is 0 Å². The number of halogens is 2. The number of amides is 1. The Balaban J connectivity index is 0.00000212. The van der Waals surface area contributed by atoms with Gasteiger partial charge < -0.3 is 19.3 Å². The summed E-state index contributed by atoms with van der Waals surface area (Å²) in [6.45, 7) is 6.34. The fourth-order valence-electron chi connectivity index (χ4n) is 5.53. The lowest BCUT2D eigenvalue weighted by Gasteiger charge is -2.34. The molecule has 0 spiro atoms. The first-order chi connectivity index (χ1) is 19.7. The van der Waals surface area contributed by atoms with Crippen LogP contribution in [0.15, 0.2) is 48.8 Å². The number of aryl methyl sites for hydroxylation is 2. The van der Waals surface area contributed by atoms with Crippen molar-refractivity contribution in [1.29, 1.82) is 0 Å². The first kappa shape index (κ1) is 32.1. The largest absolute Gasteiger partial charge is 0.424 e. The predicted molar refractivity (Wildman–Crippen MR) is 171 cm³/mol. The van der Waals surface area contributed by atoms with Crippen LogP contribution in [0.4, 0.5) is 4.39 Å². The molecular weight excluding hydrogens is 591 g/mol. The maximum atomic E-state index is 15.5. The van der Waals surface area contributed by atoms with Crippen LogP contribution in [-0.2, 0) is 4.79 Å². The van der Waals surface area contributed by atoms with E-state index in [4.69, 9.17) is 21.3 Å². The normalized spacial score (nSPS) is 14.3. The molecule has 0 radical (unpaired) electrons. The highest BCUT2D eigenvalue weighted by Crippen LogP contribution is 2.38. The van der Waals surface area contributed by atoms with Gasteiger partial charge in [0.25, 0.3) is 5.91 Å². The molecule has 1 atom stereocenters. The van der Waals surface area contributed by atoms with Gasteiger partial charge in [0.1, 0.15) is 29.0 Å². The summed E-state index contributed by atoms with van der Waals surface area (Å²) in [4.78, 5) is 31.6. The number of pyridine rings is 1. The van der Waals surface area contributed by atoms with Gasteiger partial charge in [0.05, 0.1) is 22.3 Å². The van der Waals surface area contributed by atoms with Gasteiger partial charge in [0.2, 0.25) is 0 Å². The second-order valence-corrected chi connectivity index (χ2v) is 10.7. The number of ether oxygens (including phenoxy) is 1. The lowest BCUT2D eigenvalue weighted by molar-refractivity contribution is -0.140. The summed E-state index contributed by atoms with van der Waals surface area (Å²) >= 11 is 6.65. The summed E-state index contributed by atoms with van der Waals surface area (Å²) in [7, 11) is 0. The van der Waals surface area contributed by atoms with Crippen LogP contribution in [-0.4, -0.2) is 59.6 Å². The van der Waals surface area contributed by atoms with Crippen molar-refractivity contribution in [2.75, 3.05) is 13.1 Å². The van der Waals surface area contributed by atoms with Gasteiger partial charge in [-0.25, -0.2) is 19.3 Å². The van der Waals surface area contributed by atoms with Gasteiger partial charge in [-0.3, -0.25) is 9.78 Å². The number of piperidine rings is 1. The number of aliphatic hydroxyl groups excluding tert-OH is 1. The molecular formula is C31H34ClFN6O3S. The number of fused-ring (bicyclic) bond motifs is 3. The van der Waals surface area contributed by atoms with E-state index in [9.17, 15) is 9.90 Å². The van der Waals surface area contributed by atoms with Crippen LogP contribution in [0.25, 0.3) is 33.1 Å². The fraction of sp³-hybridized carbons (Fsp3) is 0.323. The molecule has 1 amide bonds. The molecule has 1 fully saturated rings. The number of hydrogen-bond acceptors (Lipinski definition) is 7. The smallest absolute Gasteiger partial charge is 0.322 e. The van der Waals surface area contributed by atoms with Crippen LogP contribution in [0.3, 0.4) is 0 Å². The van der Waals surface area contributed by atoms with Gasteiger partial charge in [-0.1, -0.05) is 19.0 Å². The van der Waals surface area contributed by atoms with Gasteiger partial charge in [-0.05, 0) is 57.9 Å². The number of rotatable bonds is 5. The Hall–Kier alpha value is -3.80. The zero-order valence-electron chi connectivity index (χ0n) is 23.3. The van der Waals surface area contributed by atoms with E-state index < -0.39 is 11.9 Å². The minimum absolute atomic E-state index is 0. The number of carbonyl (C=O) groups is 1. The summed E-state index contributed by atoms with van der Waals surface area (Å²) in [6, 6.07) is 10.3. The van der Waals surface area contributed by atoms with E-state index in [0.29, 0.717) is 58.9 Å². The molecule has 4 heterocycles. The van der Waals surface area contributed by atoms with E-state index >= 15 is 4.39 Å². The highest BCUT2D eigenvalue weighted by molar-refractivity contribution is 7.59. The van der Waals surface area contributed by atoms with Crippen molar-refractivity contribution in [1.82, 2.24) is 29.4 Å². The van der Waals surface area contributed by atoms with Gasteiger partial charge in [0.15, 0.2) is 0 Å². The number of nitrogens with zero attached hydrogens (tertiary/aromatic N) is 6.